The number of aromatic amines is 1. The third-order valence-electron chi connectivity index (χ3n) is 4.10. The van der Waals surface area contributed by atoms with Crippen molar-refractivity contribution in [2.24, 2.45) is 0 Å². The summed E-state index contributed by atoms with van der Waals surface area (Å²) in [4.78, 5) is 12.5. The monoisotopic (exact) mass is 269 g/mol. The zero-order valence-electron chi connectivity index (χ0n) is 11.2. The molecule has 0 spiro atoms. The Morgan fingerprint density at radius 3 is 2.67 bits per heavy atom. The number of hydrogen-bond donors (Lipinski definition) is 1. The summed E-state index contributed by atoms with van der Waals surface area (Å²) in [6, 6.07) is 16.9. The van der Waals surface area contributed by atoms with Crippen LogP contribution in [0.3, 0.4) is 0 Å². The molecule has 5 rings (SSSR count). The van der Waals surface area contributed by atoms with E-state index in [0.29, 0.717) is 0 Å². The van der Waals surface area contributed by atoms with E-state index in [4.69, 9.17) is 0 Å². The van der Waals surface area contributed by atoms with Crippen LogP contribution in [-0.2, 0) is 0 Å². The number of benzene rings is 3. The minimum Gasteiger partial charge on any atom is -0.354 e. The highest BCUT2D eigenvalue weighted by molar-refractivity contribution is 6.23. The number of hydrogen-bond acceptors (Lipinski definition) is 2. The van der Waals surface area contributed by atoms with Crippen molar-refractivity contribution in [2.75, 3.05) is 0 Å². The summed E-state index contributed by atoms with van der Waals surface area (Å²) in [6.45, 7) is 0. The van der Waals surface area contributed by atoms with Crippen LogP contribution in [0.2, 0.25) is 0 Å². The molecule has 5 aromatic rings. The molecular weight excluding hydrogens is 258 g/mol. The molecule has 0 aliphatic heterocycles. The van der Waals surface area contributed by atoms with E-state index in [9.17, 15) is 0 Å². The number of nitrogens with one attached hydrogen (secondary N) is 1. The van der Waals surface area contributed by atoms with E-state index in [1.54, 1.807) is 12.4 Å². The van der Waals surface area contributed by atoms with Gasteiger partial charge in [-0.15, -0.1) is 0 Å². The average Bonchev–Trinajstić information content (AvgIpc) is 2.94. The molecule has 0 aliphatic carbocycles. The highest BCUT2D eigenvalue weighted by Gasteiger charge is 2.11. The maximum atomic E-state index is 4.53. The first-order valence-corrected chi connectivity index (χ1v) is 6.95. The van der Waals surface area contributed by atoms with Crippen LogP contribution in [0.25, 0.3) is 43.6 Å². The molecule has 0 bridgehead atoms. The van der Waals surface area contributed by atoms with Crippen molar-refractivity contribution in [3.63, 3.8) is 0 Å². The lowest BCUT2D eigenvalue weighted by Crippen LogP contribution is -1.82. The van der Waals surface area contributed by atoms with Crippen molar-refractivity contribution < 1.29 is 0 Å². The lowest BCUT2D eigenvalue weighted by molar-refractivity contribution is 1.30. The standard InChI is InChI=1S/C18H11N3/c1-2-4-12-11(3-1)5-6-13-16-14(21-17(12)13)7-8-15-18(16)20-10-9-19-15/h1-10,21H. The fraction of sp³-hybridized carbons (Fsp3) is 0. The van der Waals surface area contributed by atoms with Crippen molar-refractivity contribution in [1.82, 2.24) is 15.0 Å². The summed E-state index contributed by atoms with van der Waals surface area (Å²) in [5.41, 5.74) is 4.16. The molecule has 2 heterocycles. The van der Waals surface area contributed by atoms with Gasteiger partial charge in [-0.3, -0.25) is 9.97 Å². The molecule has 0 aliphatic rings. The summed E-state index contributed by atoms with van der Waals surface area (Å²) in [7, 11) is 0. The number of nitrogens with zero attached hydrogens (tertiary/aromatic N) is 2. The first-order valence-electron chi connectivity index (χ1n) is 6.95. The van der Waals surface area contributed by atoms with E-state index in [0.717, 1.165) is 21.9 Å². The Bertz CT molecular complexity index is 1140. The molecule has 0 atom stereocenters. The van der Waals surface area contributed by atoms with Crippen LogP contribution in [-0.4, -0.2) is 15.0 Å². The Balaban J connectivity index is 2.11. The first-order chi connectivity index (χ1) is 10.4. The quantitative estimate of drug-likeness (QED) is 0.452. The van der Waals surface area contributed by atoms with E-state index in [1.165, 1.54) is 21.7 Å². The molecule has 2 aromatic heterocycles. The number of aromatic nitrogens is 3. The average molecular weight is 269 g/mol. The Kier molecular flexibility index (Phi) is 1.95. The van der Waals surface area contributed by atoms with Crippen molar-refractivity contribution >= 4 is 43.6 Å². The Labute approximate surface area is 120 Å². The molecule has 0 saturated carbocycles. The first kappa shape index (κ1) is 10.8. The van der Waals surface area contributed by atoms with Crippen LogP contribution in [0.1, 0.15) is 0 Å². The molecule has 1 N–H and O–H groups in total. The number of fused-ring (bicyclic) bond motifs is 7. The van der Waals surface area contributed by atoms with E-state index in [1.807, 2.05) is 6.07 Å². The van der Waals surface area contributed by atoms with Gasteiger partial charge in [-0.25, -0.2) is 0 Å². The van der Waals surface area contributed by atoms with Gasteiger partial charge in [0.25, 0.3) is 0 Å². The second-order valence-electron chi connectivity index (χ2n) is 5.25. The third-order valence-corrected chi connectivity index (χ3v) is 4.10. The lowest BCUT2D eigenvalue weighted by atomic mass is 10.1. The second-order valence-corrected chi connectivity index (χ2v) is 5.25. The molecule has 21 heavy (non-hydrogen) atoms. The van der Waals surface area contributed by atoms with Crippen molar-refractivity contribution in [3.05, 3.63) is 60.9 Å². The summed E-state index contributed by atoms with van der Waals surface area (Å²) < 4.78 is 0. The molecule has 98 valence electrons. The van der Waals surface area contributed by atoms with Gasteiger partial charge >= 0.3 is 0 Å². The zero-order valence-corrected chi connectivity index (χ0v) is 11.2. The molecular formula is C18H11N3. The Hall–Kier alpha value is -2.94. The third kappa shape index (κ3) is 1.37. The van der Waals surface area contributed by atoms with Gasteiger partial charge in [0.2, 0.25) is 0 Å². The Morgan fingerprint density at radius 2 is 1.67 bits per heavy atom. The molecule has 0 unspecified atom stereocenters. The maximum Gasteiger partial charge on any atom is 0.0986 e. The van der Waals surface area contributed by atoms with Crippen LogP contribution in [0.5, 0.6) is 0 Å². The predicted octanol–water partition coefficient (Wildman–Crippen LogP) is 4.42. The van der Waals surface area contributed by atoms with Crippen LogP contribution in [0.15, 0.2) is 60.9 Å². The van der Waals surface area contributed by atoms with Gasteiger partial charge in [0, 0.05) is 34.1 Å². The van der Waals surface area contributed by atoms with E-state index < -0.39 is 0 Å². The molecule has 3 aromatic carbocycles. The van der Waals surface area contributed by atoms with Crippen molar-refractivity contribution in [2.45, 2.75) is 0 Å². The van der Waals surface area contributed by atoms with Gasteiger partial charge in [-0.2, -0.15) is 0 Å². The topological polar surface area (TPSA) is 41.6 Å². The van der Waals surface area contributed by atoms with E-state index in [2.05, 4.69) is 57.4 Å². The van der Waals surface area contributed by atoms with Crippen LogP contribution < -0.4 is 0 Å². The highest BCUT2D eigenvalue weighted by Crippen LogP contribution is 2.34. The van der Waals surface area contributed by atoms with Gasteiger partial charge in [0.15, 0.2) is 0 Å². The smallest absolute Gasteiger partial charge is 0.0986 e. The summed E-state index contributed by atoms with van der Waals surface area (Å²) in [6.07, 6.45) is 3.49. The normalized spacial score (nSPS) is 11.8. The molecule has 0 fully saturated rings. The Morgan fingerprint density at radius 1 is 0.762 bits per heavy atom. The van der Waals surface area contributed by atoms with Gasteiger partial charge in [-0.1, -0.05) is 36.4 Å². The van der Waals surface area contributed by atoms with Gasteiger partial charge in [-0.05, 0) is 17.5 Å². The lowest BCUT2D eigenvalue weighted by Gasteiger charge is -2.00. The molecule has 3 heteroatoms. The fourth-order valence-electron chi connectivity index (χ4n) is 3.16. The zero-order chi connectivity index (χ0) is 13.8. The van der Waals surface area contributed by atoms with E-state index >= 15 is 0 Å². The van der Waals surface area contributed by atoms with Crippen molar-refractivity contribution in [3.8, 4) is 0 Å². The summed E-state index contributed by atoms with van der Waals surface area (Å²) >= 11 is 0. The minimum atomic E-state index is 0.930. The second kappa shape index (κ2) is 3.79. The fourth-order valence-corrected chi connectivity index (χ4v) is 3.16. The molecule has 0 saturated heterocycles. The van der Waals surface area contributed by atoms with Gasteiger partial charge < -0.3 is 4.98 Å². The number of rotatable bonds is 0. The van der Waals surface area contributed by atoms with E-state index in [-0.39, 0.29) is 0 Å². The minimum absolute atomic E-state index is 0.930. The maximum absolute atomic E-state index is 4.53. The molecule has 0 amide bonds. The molecule has 3 nitrogen and oxygen atoms in total. The van der Waals surface area contributed by atoms with Crippen LogP contribution >= 0.6 is 0 Å². The van der Waals surface area contributed by atoms with Gasteiger partial charge in [0.1, 0.15) is 0 Å². The highest BCUT2D eigenvalue weighted by atomic mass is 14.8. The number of H-pyrrole nitrogens is 1. The van der Waals surface area contributed by atoms with Crippen LogP contribution in [0, 0.1) is 0 Å². The summed E-state index contributed by atoms with van der Waals surface area (Å²) in [5, 5.41) is 4.84. The van der Waals surface area contributed by atoms with Crippen molar-refractivity contribution in [1.29, 1.82) is 0 Å². The SMILES string of the molecule is c1ccc2c(c1)ccc1c2[nH]c2ccc3nccnc3c21. The van der Waals surface area contributed by atoms with Gasteiger partial charge in [0.05, 0.1) is 16.6 Å². The summed E-state index contributed by atoms with van der Waals surface area (Å²) in [5.74, 6) is 0. The predicted molar refractivity (Wildman–Crippen MR) is 86.4 cm³/mol. The largest absolute Gasteiger partial charge is 0.354 e. The van der Waals surface area contributed by atoms with Crippen LogP contribution in [0.4, 0.5) is 0 Å². The molecule has 0 radical (unpaired) electrons.